The molecule has 0 aliphatic rings. The number of nitrogen functional groups attached to an aromatic ring is 1. The van der Waals surface area contributed by atoms with E-state index in [0.717, 1.165) is 12.1 Å². The van der Waals surface area contributed by atoms with Crippen molar-refractivity contribution in [1.82, 2.24) is 4.90 Å². The molecule has 0 aromatic heterocycles. The number of rotatable bonds is 6. The van der Waals surface area contributed by atoms with Crippen LogP contribution in [0.2, 0.25) is 0 Å². The number of para-hydroxylation sites is 1. The Balaban J connectivity index is 2.49. The third-order valence-electron chi connectivity index (χ3n) is 2.73. The minimum Gasteiger partial charge on any atom is -0.396 e. The number of hydrogen-bond acceptors (Lipinski definition) is 2. The lowest BCUT2D eigenvalue weighted by atomic mass is 10.1. The highest BCUT2D eigenvalue weighted by molar-refractivity contribution is 5.47. The molecule has 0 spiro atoms. The fourth-order valence-electron chi connectivity index (χ4n) is 1.72. The molecule has 0 bridgehead atoms. The second-order valence-corrected chi connectivity index (χ2v) is 4.26. The molecule has 0 aliphatic heterocycles. The Morgan fingerprint density at radius 1 is 1.31 bits per heavy atom. The van der Waals surface area contributed by atoms with Gasteiger partial charge in [-0.15, -0.1) is 0 Å². The Morgan fingerprint density at radius 2 is 2.06 bits per heavy atom. The average molecular weight is 224 g/mol. The van der Waals surface area contributed by atoms with E-state index in [9.17, 15) is 4.39 Å². The van der Waals surface area contributed by atoms with Crippen LogP contribution in [-0.2, 0) is 6.54 Å². The summed E-state index contributed by atoms with van der Waals surface area (Å²) in [5.41, 5.74) is 6.84. The zero-order valence-electron chi connectivity index (χ0n) is 10.2. The van der Waals surface area contributed by atoms with E-state index in [2.05, 4.69) is 11.8 Å². The summed E-state index contributed by atoms with van der Waals surface area (Å²) in [5.74, 6) is -0.320. The SMILES string of the molecule is CCCCCN(C)Cc1cccc(F)c1N. The van der Waals surface area contributed by atoms with E-state index >= 15 is 0 Å². The van der Waals surface area contributed by atoms with Gasteiger partial charge in [-0.1, -0.05) is 31.9 Å². The van der Waals surface area contributed by atoms with Crippen LogP contribution < -0.4 is 5.73 Å². The van der Waals surface area contributed by atoms with Crippen LogP contribution in [0.3, 0.4) is 0 Å². The van der Waals surface area contributed by atoms with Crippen LogP contribution in [0.15, 0.2) is 18.2 Å². The zero-order valence-corrected chi connectivity index (χ0v) is 10.2. The van der Waals surface area contributed by atoms with E-state index in [1.807, 2.05) is 13.1 Å². The summed E-state index contributed by atoms with van der Waals surface area (Å²) in [7, 11) is 2.04. The molecule has 2 nitrogen and oxygen atoms in total. The van der Waals surface area contributed by atoms with Crippen molar-refractivity contribution in [3.63, 3.8) is 0 Å². The summed E-state index contributed by atoms with van der Waals surface area (Å²) in [5, 5.41) is 0. The van der Waals surface area contributed by atoms with E-state index in [1.54, 1.807) is 6.07 Å². The minimum absolute atomic E-state index is 0.282. The van der Waals surface area contributed by atoms with Crippen molar-refractivity contribution >= 4 is 5.69 Å². The highest BCUT2D eigenvalue weighted by Crippen LogP contribution is 2.17. The molecule has 0 radical (unpaired) electrons. The largest absolute Gasteiger partial charge is 0.396 e. The van der Waals surface area contributed by atoms with Gasteiger partial charge in [0.15, 0.2) is 0 Å². The first-order valence-electron chi connectivity index (χ1n) is 5.86. The number of halogens is 1. The highest BCUT2D eigenvalue weighted by atomic mass is 19.1. The fraction of sp³-hybridized carbons (Fsp3) is 0.538. The molecule has 0 fully saturated rings. The Hall–Kier alpha value is -1.09. The van der Waals surface area contributed by atoms with Crippen LogP contribution in [0.1, 0.15) is 31.7 Å². The van der Waals surface area contributed by atoms with Gasteiger partial charge in [0.1, 0.15) is 5.82 Å². The molecule has 1 aromatic rings. The van der Waals surface area contributed by atoms with Gasteiger partial charge in [0.2, 0.25) is 0 Å². The maximum absolute atomic E-state index is 13.2. The van der Waals surface area contributed by atoms with Crippen LogP contribution in [0.5, 0.6) is 0 Å². The average Bonchev–Trinajstić information content (AvgIpc) is 2.25. The van der Waals surface area contributed by atoms with Crippen LogP contribution in [0.4, 0.5) is 10.1 Å². The standard InChI is InChI=1S/C13H21FN2/c1-3-4-5-9-16(2)10-11-7-6-8-12(14)13(11)15/h6-8H,3-5,9-10,15H2,1-2H3. The fourth-order valence-corrected chi connectivity index (χ4v) is 1.72. The predicted molar refractivity (Wildman–Crippen MR) is 66.7 cm³/mol. The number of nitrogens with zero attached hydrogens (tertiary/aromatic N) is 1. The molecular formula is C13H21FN2. The van der Waals surface area contributed by atoms with E-state index < -0.39 is 0 Å². The van der Waals surface area contributed by atoms with E-state index in [0.29, 0.717) is 6.54 Å². The quantitative estimate of drug-likeness (QED) is 0.594. The van der Waals surface area contributed by atoms with Gasteiger partial charge in [-0.3, -0.25) is 0 Å². The molecule has 0 atom stereocenters. The lowest BCUT2D eigenvalue weighted by molar-refractivity contribution is 0.318. The molecular weight excluding hydrogens is 203 g/mol. The molecule has 0 heterocycles. The van der Waals surface area contributed by atoms with E-state index in [1.165, 1.54) is 25.3 Å². The van der Waals surface area contributed by atoms with Gasteiger partial charge >= 0.3 is 0 Å². The molecule has 1 aromatic carbocycles. The Kier molecular flexibility index (Phi) is 5.26. The van der Waals surface area contributed by atoms with Crippen molar-refractivity contribution in [2.45, 2.75) is 32.7 Å². The Bertz CT molecular complexity index is 326. The summed E-state index contributed by atoms with van der Waals surface area (Å²) in [6, 6.07) is 4.99. The number of unbranched alkanes of at least 4 members (excludes halogenated alkanes) is 2. The summed E-state index contributed by atoms with van der Waals surface area (Å²) in [6.45, 7) is 3.93. The molecule has 16 heavy (non-hydrogen) atoms. The van der Waals surface area contributed by atoms with E-state index in [-0.39, 0.29) is 11.5 Å². The third-order valence-corrected chi connectivity index (χ3v) is 2.73. The van der Waals surface area contributed by atoms with Gasteiger partial charge in [-0.25, -0.2) is 4.39 Å². The van der Waals surface area contributed by atoms with Crippen LogP contribution >= 0.6 is 0 Å². The topological polar surface area (TPSA) is 29.3 Å². The summed E-state index contributed by atoms with van der Waals surface area (Å²) >= 11 is 0. The molecule has 1 rings (SSSR count). The first-order chi connectivity index (χ1) is 7.65. The Morgan fingerprint density at radius 3 is 2.75 bits per heavy atom. The molecule has 2 N–H and O–H groups in total. The normalized spacial score (nSPS) is 11.0. The van der Waals surface area contributed by atoms with Crippen LogP contribution in [0.25, 0.3) is 0 Å². The summed E-state index contributed by atoms with van der Waals surface area (Å²) < 4.78 is 13.2. The number of anilines is 1. The van der Waals surface area contributed by atoms with Crippen molar-refractivity contribution in [2.24, 2.45) is 0 Å². The zero-order chi connectivity index (χ0) is 12.0. The molecule has 0 saturated heterocycles. The van der Waals surface area contributed by atoms with Crippen LogP contribution in [-0.4, -0.2) is 18.5 Å². The lowest BCUT2D eigenvalue weighted by Crippen LogP contribution is -2.20. The molecule has 0 aliphatic carbocycles. The molecule has 3 heteroatoms. The molecule has 0 amide bonds. The number of hydrogen-bond donors (Lipinski definition) is 1. The van der Waals surface area contributed by atoms with Crippen molar-refractivity contribution in [2.75, 3.05) is 19.3 Å². The monoisotopic (exact) mass is 224 g/mol. The van der Waals surface area contributed by atoms with Crippen molar-refractivity contribution in [1.29, 1.82) is 0 Å². The van der Waals surface area contributed by atoms with Crippen molar-refractivity contribution in [3.05, 3.63) is 29.6 Å². The van der Waals surface area contributed by atoms with Gasteiger partial charge in [-0.2, -0.15) is 0 Å². The lowest BCUT2D eigenvalue weighted by Gasteiger charge is -2.17. The van der Waals surface area contributed by atoms with Crippen LogP contribution in [0, 0.1) is 5.82 Å². The Labute approximate surface area is 97.3 Å². The maximum Gasteiger partial charge on any atom is 0.146 e. The maximum atomic E-state index is 13.2. The summed E-state index contributed by atoms with van der Waals surface area (Å²) in [6.07, 6.45) is 3.64. The van der Waals surface area contributed by atoms with Gasteiger partial charge in [0.05, 0.1) is 5.69 Å². The summed E-state index contributed by atoms with van der Waals surface area (Å²) in [4.78, 5) is 2.18. The second kappa shape index (κ2) is 6.48. The minimum atomic E-state index is -0.320. The van der Waals surface area contributed by atoms with Gasteiger partial charge in [-0.05, 0) is 31.6 Å². The second-order valence-electron chi connectivity index (χ2n) is 4.26. The highest BCUT2D eigenvalue weighted by Gasteiger charge is 2.06. The predicted octanol–water partition coefficient (Wildman–Crippen LogP) is 3.03. The van der Waals surface area contributed by atoms with Crippen molar-refractivity contribution in [3.8, 4) is 0 Å². The first kappa shape index (κ1) is 13.0. The van der Waals surface area contributed by atoms with Gasteiger partial charge < -0.3 is 10.6 Å². The molecule has 90 valence electrons. The van der Waals surface area contributed by atoms with Crippen molar-refractivity contribution < 1.29 is 4.39 Å². The third kappa shape index (κ3) is 3.81. The molecule has 0 unspecified atom stereocenters. The number of benzene rings is 1. The molecule has 0 saturated carbocycles. The number of nitrogens with two attached hydrogens (primary N) is 1. The first-order valence-corrected chi connectivity index (χ1v) is 5.86. The smallest absolute Gasteiger partial charge is 0.146 e. The van der Waals surface area contributed by atoms with E-state index in [4.69, 9.17) is 5.73 Å². The van der Waals surface area contributed by atoms with Gasteiger partial charge in [0.25, 0.3) is 0 Å². The van der Waals surface area contributed by atoms with Gasteiger partial charge in [0, 0.05) is 6.54 Å².